The summed E-state index contributed by atoms with van der Waals surface area (Å²) in [6.45, 7) is 0. The predicted octanol–water partition coefficient (Wildman–Crippen LogP) is 1.43. The normalized spacial score (nSPS) is 10.0. The molecule has 0 aliphatic heterocycles. The summed E-state index contributed by atoms with van der Waals surface area (Å²) < 4.78 is 0. The topological polar surface area (TPSA) is 66.8 Å². The van der Waals surface area contributed by atoms with Gasteiger partial charge in [-0.1, -0.05) is 12.8 Å². The first kappa shape index (κ1) is 13.9. The maximum Gasteiger partial charge on any atom is 0.303 e. The molecule has 0 heterocycles. The van der Waals surface area contributed by atoms with Gasteiger partial charge in [0, 0.05) is 19.9 Å². The number of rotatable bonds is 8. The average molecular weight is 217 g/mol. The molecule has 0 bridgehead atoms. The van der Waals surface area contributed by atoms with Gasteiger partial charge in [0.05, 0.1) is 7.11 Å². The summed E-state index contributed by atoms with van der Waals surface area (Å²) in [4.78, 5) is 26.1. The van der Waals surface area contributed by atoms with Gasteiger partial charge in [-0.05, 0) is 12.8 Å². The fourth-order valence-electron chi connectivity index (χ4n) is 1.17. The fourth-order valence-corrected chi connectivity index (χ4v) is 1.17. The summed E-state index contributed by atoms with van der Waals surface area (Å²) in [7, 11) is 3.03. The number of carboxylic acids is 1. The maximum atomic E-state index is 11.2. The van der Waals surface area contributed by atoms with E-state index in [1.807, 2.05) is 0 Å². The summed E-state index contributed by atoms with van der Waals surface area (Å²) in [5.74, 6) is -0.805. The van der Waals surface area contributed by atoms with Crippen molar-refractivity contribution in [2.45, 2.75) is 38.5 Å². The molecule has 0 aliphatic carbocycles. The highest BCUT2D eigenvalue weighted by Gasteiger charge is 2.06. The molecule has 0 unspecified atom stereocenters. The molecule has 1 amide bonds. The van der Waals surface area contributed by atoms with E-state index in [2.05, 4.69) is 0 Å². The van der Waals surface area contributed by atoms with E-state index in [1.165, 1.54) is 12.2 Å². The molecule has 0 saturated heterocycles. The first-order chi connectivity index (χ1) is 7.07. The summed E-state index contributed by atoms with van der Waals surface area (Å²) in [6.07, 6.45) is 3.88. The second-order valence-electron chi connectivity index (χ2n) is 3.38. The Bertz CT molecular complexity index is 206. The van der Waals surface area contributed by atoms with E-state index in [9.17, 15) is 9.59 Å². The van der Waals surface area contributed by atoms with E-state index >= 15 is 0 Å². The number of hydrogen-bond donors (Lipinski definition) is 1. The minimum absolute atomic E-state index is 0.0456. The number of hydrogen-bond acceptors (Lipinski definition) is 3. The molecular formula is C10H19NO4. The van der Waals surface area contributed by atoms with Crippen LogP contribution in [0.1, 0.15) is 38.5 Å². The van der Waals surface area contributed by atoms with Crippen molar-refractivity contribution in [3.8, 4) is 0 Å². The molecular weight excluding hydrogens is 198 g/mol. The zero-order chi connectivity index (χ0) is 11.7. The third-order valence-electron chi connectivity index (χ3n) is 2.16. The van der Waals surface area contributed by atoms with Crippen LogP contribution < -0.4 is 0 Å². The van der Waals surface area contributed by atoms with E-state index in [0.717, 1.165) is 19.3 Å². The highest BCUT2D eigenvalue weighted by Crippen LogP contribution is 2.06. The van der Waals surface area contributed by atoms with Gasteiger partial charge in [0.25, 0.3) is 0 Å². The van der Waals surface area contributed by atoms with Crippen LogP contribution >= 0.6 is 0 Å². The van der Waals surface area contributed by atoms with E-state index in [-0.39, 0.29) is 12.3 Å². The van der Waals surface area contributed by atoms with Gasteiger partial charge in [-0.25, -0.2) is 5.06 Å². The Labute approximate surface area is 90.0 Å². The molecule has 0 spiro atoms. The predicted molar refractivity (Wildman–Crippen MR) is 55.1 cm³/mol. The third-order valence-corrected chi connectivity index (χ3v) is 2.16. The van der Waals surface area contributed by atoms with Crippen molar-refractivity contribution in [3.63, 3.8) is 0 Å². The van der Waals surface area contributed by atoms with Crippen molar-refractivity contribution in [1.82, 2.24) is 5.06 Å². The molecule has 0 saturated carbocycles. The molecule has 0 fully saturated rings. The molecule has 0 aliphatic rings. The molecule has 0 rings (SSSR count). The standard InChI is InChI=1S/C10H19NO4/c1-11(15-2)9(12)7-5-3-4-6-8-10(13)14/h3-8H2,1-2H3,(H,13,14). The maximum absolute atomic E-state index is 11.2. The van der Waals surface area contributed by atoms with Gasteiger partial charge < -0.3 is 5.11 Å². The van der Waals surface area contributed by atoms with Crippen LogP contribution in [0, 0.1) is 0 Å². The number of hydroxylamine groups is 2. The lowest BCUT2D eigenvalue weighted by atomic mass is 10.1. The second kappa shape index (κ2) is 8.23. The Kier molecular flexibility index (Phi) is 7.62. The fraction of sp³-hybridized carbons (Fsp3) is 0.800. The van der Waals surface area contributed by atoms with Crippen LogP contribution in [0.3, 0.4) is 0 Å². The van der Waals surface area contributed by atoms with Crippen molar-refractivity contribution in [2.75, 3.05) is 14.2 Å². The Morgan fingerprint density at radius 3 is 2.13 bits per heavy atom. The lowest BCUT2D eigenvalue weighted by Crippen LogP contribution is -2.24. The van der Waals surface area contributed by atoms with Crippen molar-refractivity contribution >= 4 is 11.9 Å². The third kappa shape index (κ3) is 7.93. The largest absolute Gasteiger partial charge is 0.481 e. The van der Waals surface area contributed by atoms with Crippen LogP contribution in [-0.4, -0.2) is 36.2 Å². The van der Waals surface area contributed by atoms with Crippen molar-refractivity contribution in [3.05, 3.63) is 0 Å². The quantitative estimate of drug-likeness (QED) is 0.493. The summed E-state index contributed by atoms with van der Waals surface area (Å²) in [5.41, 5.74) is 0. The van der Waals surface area contributed by atoms with Crippen molar-refractivity contribution in [2.24, 2.45) is 0 Å². The second-order valence-corrected chi connectivity index (χ2v) is 3.38. The number of carbonyl (C=O) groups is 2. The summed E-state index contributed by atoms with van der Waals surface area (Å²) in [5, 5.41) is 9.59. The van der Waals surface area contributed by atoms with Gasteiger partial charge in [-0.15, -0.1) is 0 Å². The first-order valence-corrected chi connectivity index (χ1v) is 5.10. The van der Waals surface area contributed by atoms with Crippen LogP contribution in [0.4, 0.5) is 0 Å². The van der Waals surface area contributed by atoms with Gasteiger partial charge in [-0.2, -0.15) is 0 Å². The van der Waals surface area contributed by atoms with Gasteiger partial charge >= 0.3 is 5.97 Å². The van der Waals surface area contributed by atoms with Gasteiger partial charge in [0.1, 0.15) is 0 Å². The molecule has 0 aromatic rings. The Morgan fingerprint density at radius 2 is 1.67 bits per heavy atom. The molecule has 0 aromatic carbocycles. The lowest BCUT2D eigenvalue weighted by Gasteiger charge is -2.12. The molecule has 0 atom stereocenters. The van der Waals surface area contributed by atoms with Crippen molar-refractivity contribution in [1.29, 1.82) is 0 Å². The number of carbonyl (C=O) groups excluding carboxylic acids is 1. The molecule has 1 N–H and O–H groups in total. The van der Waals surface area contributed by atoms with Gasteiger partial charge in [0.2, 0.25) is 5.91 Å². The van der Waals surface area contributed by atoms with Crippen LogP contribution in [0.25, 0.3) is 0 Å². The molecule has 15 heavy (non-hydrogen) atoms. The van der Waals surface area contributed by atoms with E-state index in [1.54, 1.807) is 7.05 Å². The van der Waals surface area contributed by atoms with Crippen molar-refractivity contribution < 1.29 is 19.5 Å². The molecule has 88 valence electrons. The van der Waals surface area contributed by atoms with Gasteiger partial charge in [-0.3, -0.25) is 14.4 Å². The lowest BCUT2D eigenvalue weighted by molar-refractivity contribution is -0.168. The molecule has 5 heteroatoms. The molecule has 5 nitrogen and oxygen atoms in total. The molecule has 0 aromatic heterocycles. The highest BCUT2D eigenvalue weighted by atomic mass is 16.7. The summed E-state index contributed by atoms with van der Waals surface area (Å²) >= 11 is 0. The Hall–Kier alpha value is -1.10. The molecule has 0 radical (unpaired) electrons. The monoisotopic (exact) mass is 217 g/mol. The average Bonchev–Trinajstić information content (AvgIpc) is 2.21. The van der Waals surface area contributed by atoms with Crippen LogP contribution in [0.5, 0.6) is 0 Å². The highest BCUT2D eigenvalue weighted by molar-refractivity contribution is 5.74. The smallest absolute Gasteiger partial charge is 0.303 e. The Morgan fingerprint density at radius 1 is 1.13 bits per heavy atom. The number of carboxylic acid groups (broad SMARTS) is 1. The van der Waals surface area contributed by atoms with Crippen LogP contribution in [-0.2, 0) is 14.4 Å². The SMILES string of the molecule is CON(C)C(=O)CCCCCCC(=O)O. The minimum Gasteiger partial charge on any atom is -0.481 e. The van der Waals surface area contributed by atoms with E-state index in [0.29, 0.717) is 12.8 Å². The number of aliphatic carboxylic acids is 1. The van der Waals surface area contributed by atoms with E-state index in [4.69, 9.17) is 9.94 Å². The number of unbranched alkanes of at least 4 members (excludes halogenated alkanes) is 3. The van der Waals surface area contributed by atoms with Gasteiger partial charge in [0.15, 0.2) is 0 Å². The van der Waals surface area contributed by atoms with Crippen LogP contribution in [0.2, 0.25) is 0 Å². The zero-order valence-corrected chi connectivity index (χ0v) is 9.36. The minimum atomic E-state index is -0.759. The first-order valence-electron chi connectivity index (χ1n) is 5.10. The number of amides is 1. The Balaban J connectivity index is 3.31. The number of nitrogens with zero attached hydrogens (tertiary/aromatic N) is 1. The summed E-state index contributed by atoms with van der Waals surface area (Å²) in [6, 6.07) is 0. The van der Waals surface area contributed by atoms with E-state index < -0.39 is 5.97 Å². The zero-order valence-electron chi connectivity index (χ0n) is 9.36. The van der Waals surface area contributed by atoms with Crippen LogP contribution in [0.15, 0.2) is 0 Å².